The molecule has 1 aliphatic rings. The number of anilines is 2. The molecule has 0 aliphatic carbocycles. The maximum absolute atomic E-state index is 13.3. The highest BCUT2D eigenvalue weighted by atomic mass is 19.4. The number of nitrogens with zero attached hydrogens (tertiary/aromatic N) is 2. The average Bonchev–Trinajstić information content (AvgIpc) is 2.37. The number of nitrogens with two attached hydrogens (primary N) is 1. The molecule has 0 radical (unpaired) electrons. The summed E-state index contributed by atoms with van der Waals surface area (Å²) in [4.78, 5) is 3.98. The van der Waals surface area contributed by atoms with E-state index < -0.39 is 11.7 Å². The van der Waals surface area contributed by atoms with Crippen molar-refractivity contribution < 1.29 is 13.2 Å². The van der Waals surface area contributed by atoms with Crippen LogP contribution in [0, 0.1) is 6.92 Å². The lowest BCUT2D eigenvalue weighted by molar-refractivity contribution is -0.137. The van der Waals surface area contributed by atoms with Gasteiger partial charge < -0.3 is 15.5 Å². The highest BCUT2D eigenvalue weighted by molar-refractivity contribution is 5.66. The zero-order valence-corrected chi connectivity index (χ0v) is 12.7. The zero-order valence-electron chi connectivity index (χ0n) is 12.7. The summed E-state index contributed by atoms with van der Waals surface area (Å²) in [5, 5.41) is 0. The van der Waals surface area contributed by atoms with Gasteiger partial charge in [-0.3, -0.25) is 0 Å². The van der Waals surface area contributed by atoms with E-state index in [-0.39, 0.29) is 11.4 Å². The van der Waals surface area contributed by atoms with Crippen LogP contribution in [0.1, 0.15) is 24.0 Å². The van der Waals surface area contributed by atoms with Crippen LogP contribution in [0.3, 0.4) is 0 Å². The van der Waals surface area contributed by atoms with Gasteiger partial charge in [-0.1, -0.05) is 0 Å². The Bertz CT molecular complexity index is 504. The fourth-order valence-corrected chi connectivity index (χ4v) is 3.05. The number of benzene rings is 1. The van der Waals surface area contributed by atoms with Crippen molar-refractivity contribution in [2.75, 3.05) is 37.8 Å². The maximum atomic E-state index is 13.3. The van der Waals surface area contributed by atoms with Gasteiger partial charge in [0.2, 0.25) is 0 Å². The Labute approximate surface area is 123 Å². The summed E-state index contributed by atoms with van der Waals surface area (Å²) in [6.07, 6.45) is -2.64. The van der Waals surface area contributed by atoms with Crippen LogP contribution >= 0.6 is 0 Å². The van der Waals surface area contributed by atoms with Crippen molar-refractivity contribution >= 4 is 11.4 Å². The number of hydrogen-bond donors (Lipinski definition) is 1. The predicted octanol–water partition coefficient (Wildman–Crippen LogP) is 3.13. The molecule has 0 saturated carbocycles. The third kappa shape index (κ3) is 3.43. The molecule has 0 unspecified atom stereocenters. The highest BCUT2D eigenvalue weighted by Gasteiger charge is 2.37. The fraction of sp³-hybridized carbons (Fsp3) is 0.600. The van der Waals surface area contributed by atoms with Crippen molar-refractivity contribution in [1.82, 2.24) is 4.90 Å². The topological polar surface area (TPSA) is 32.5 Å². The first-order chi connectivity index (χ1) is 9.70. The normalized spacial score (nSPS) is 17.6. The number of hydrogen-bond acceptors (Lipinski definition) is 3. The molecule has 2 N–H and O–H groups in total. The van der Waals surface area contributed by atoms with Crippen molar-refractivity contribution in [3.8, 4) is 0 Å². The Morgan fingerprint density at radius 1 is 1.19 bits per heavy atom. The van der Waals surface area contributed by atoms with Gasteiger partial charge in [-0.25, -0.2) is 0 Å². The first-order valence-electron chi connectivity index (χ1n) is 7.09. The lowest BCUT2D eigenvalue weighted by atomic mass is 9.99. The molecule has 1 aromatic rings. The van der Waals surface area contributed by atoms with E-state index in [1.807, 2.05) is 19.0 Å². The summed E-state index contributed by atoms with van der Waals surface area (Å²) in [6.45, 7) is 2.96. The first-order valence-corrected chi connectivity index (χ1v) is 7.09. The third-order valence-electron chi connectivity index (χ3n) is 4.14. The lowest BCUT2D eigenvalue weighted by Gasteiger charge is -2.38. The molecule has 1 fully saturated rings. The van der Waals surface area contributed by atoms with Crippen LogP contribution < -0.4 is 10.6 Å². The number of aryl methyl sites for hydroxylation is 1. The van der Waals surface area contributed by atoms with Crippen molar-refractivity contribution in [3.05, 3.63) is 23.3 Å². The smallest absolute Gasteiger partial charge is 0.399 e. The van der Waals surface area contributed by atoms with Crippen LogP contribution in [0.4, 0.5) is 24.5 Å². The second-order valence-electron chi connectivity index (χ2n) is 5.91. The van der Waals surface area contributed by atoms with Gasteiger partial charge in [0.15, 0.2) is 0 Å². The van der Waals surface area contributed by atoms with Gasteiger partial charge in [-0.15, -0.1) is 0 Å². The molecule has 6 heteroatoms. The predicted molar refractivity (Wildman–Crippen MR) is 79.5 cm³/mol. The Morgan fingerprint density at radius 2 is 1.76 bits per heavy atom. The standard InChI is InChI=1S/C15H22F3N3/c1-10-8-11(19)9-13(15(16,17)18)14(10)21-6-4-12(5-7-21)20(2)3/h8-9,12H,4-7,19H2,1-3H3. The Morgan fingerprint density at radius 3 is 2.24 bits per heavy atom. The molecule has 0 aromatic heterocycles. The lowest BCUT2D eigenvalue weighted by Crippen LogP contribution is -2.42. The number of nitrogen functional groups attached to an aromatic ring is 1. The number of alkyl halides is 3. The molecule has 3 nitrogen and oxygen atoms in total. The van der Waals surface area contributed by atoms with Crippen molar-refractivity contribution in [3.63, 3.8) is 0 Å². The zero-order chi connectivity index (χ0) is 15.8. The molecule has 118 valence electrons. The summed E-state index contributed by atoms with van der Waals surface area (Å²) < 4.78 is 39.8. The van der Waals surface area contributed by atoms with E-state index >= 15 is 0 Å². The number of halogens is 3. The van der Waals surface area contributed by atoms with Gasteiger partial charge in [0.1, 0.15) is 0 Å². The van der Waals surface area contributed by atoms with Crippen LogP contribution in [0.25, 0.3) is 0 Å². The molecule has 1 aromatic carbocycles. The van der Waals surface area contributed by atoms with Gasteiger partial charge in [-0.2, -0.15) is 13.2 Å². The molecule has 0 amide bonds. The second-order valence-corrected chi connectivity index (χ2v) is 5.91. The molecule has 0 atom stereocenters. The van der Waals surface area contributed by atoms with Gasteiger partial charge in [0, 0.05) is 24.8 Å². The first kappa shape index (κ1) is 15.9. The Hall–Kier alpha value is -1.43. The quantitative estimate of drug-likeness (QED) is 0.852. The maximum Gasteiger partial charge on any atom is 0.418 e. The minimum absolute atomic E-state index is 0.159. The molecule has 0 bridgehead atoms. The monoisotopic (exact) mass is 301 g/mol. The van der Waals surface area contributed by atoms with Gasteiger partial charge in [-0.05, 0) is 51.6 Å². The van der Waals surface area contributed by atoms with Crippen molar-refractivity contribution in [2.45, 2.75) is 32.0 Å². The summed E-state index contributed by atoms with van der Waals surface area (Å²) in [6, 6.07) is 3.09. The van der Waals surface area contributed by atoms with E-state index in [9.17, 15) is 13.2 Å². The second kappa shape index (κ2) is 5.75. The SMILES string of the molecule is Cc1cc(N)cc(C(F)(F)F)c1N1CCC(N(C)C)CC1. The molecule has 1 aliphatic heterocycles. The molecule has 21 heavy (non-hydrogen) atoms. The van der Waals surface area contributed by atoms with E-state index in [4.69, 9.17) is 5.73 Å². The van der Waals surface area contributed by atoms with Crippen LogP contribution in [-0.4, -0.2) is 38.1 Å². The molecule has 0 spiro atoms. The molecule has 2 rings (SSSR count). The van der Waals surface area contributed by atoms with E-state index in [0.29, 0.717) is 24.7 Å². The number of piperidine rings is 1. The van der Waals surface area contributed by atoms with E-state index in [1.165, 1.54) is 0 Å². The van der Waals surface area contributed by atoms with Crippen LogP contribution in [0.15, 0.2) is 12.1 Å². The van der Waals surface area contributed by atoms with Crippen LogP contribution in [-0.2, 0) is 6.18 Å². The number of rotatable bonds is 2. The minimum Gasteiger partial charge on any atom is -0.399 e. The van der Waals surface area contributed by atoms with Crippen LogP contribution in [0.2, 0.25) is 0 Å². The summed E-state index contributed by atoms with van der Waals surface area (Å²) in [7, 11) is 4.02. The Kier molecular flexibility index (Phi) is 4.37. The summed E-state index contributed by atoms with van der Waals surface area (Å²) in [5.74, 6) is 0. The largest absolute Gasteiger partial charge is 0.418 e. The van der Waals surface area contributed by atoms with Gasteiger partial charge >= 0.3 is 6.18 Å². The molecular formula is C15H22F3N3. The highest BCUT2D eigenvalue weighted by Crippen LogP contribution is 2.40. The van der Waals surface area contributed by atoms with E-state index in [2.05, 4.69) is 4.90 Å². The van der Waals surface area contributed by atoms with Crippen molar-refractivity contribution in [1.29, 1.82) is 0 Å². The minimum atomic E-state index is -4.38. The summed E-state index contributed by atoms with van der Waals surface area (Å²) in [5.41, 5.74) is 6.00. The van der Waals surface area contributed by atoms with Crippen molar-refractivity contribution in [2.24, 2.45) is 0 Å². The third-order valence-corrected chi connectivity index (χ3v) is 4.14. The summed E-state index contributed by atoms with van der Waals surface area (Å²) >= 11 is 0. The van der Waals surface area contributed by atoms with E-state index in [1.54, 1.807) is 13.0 Å². The molecular weight excluding hydrogens is 279 g/mol. The van der Waals surface area contributed by atoms with Gasteiger partial charge in [0.25, 0.3) is 0 Å². The molecule has 1 heterocycles. The van der Waals surface area contributed by atoms with Gasteiger partial charge in [0.05, 0.1) is 11.3 Å². The Balaban J connectivity index is 2.32. The fourth-order valence-electron chi connectivity index (χ4n) is 3.05. The molecule has 1 saturated heterocycles. The van der Waals surface area contributed by atoms with E-state index in [0.717, 1.165) is 18.9 Å². The van der Waals surface area contributed by atoms with Crippen LogP contribution in [0.5, 0.6) is 0 Å². The average molecular weight is 301 g/mol.